The van der Waals surface area contributed by atoms with Gasteiger partial charge in [-0.3, -0.25) is 4.79 Å². The van der Waals surface area contributed by atoms with Crippen LogP contribution in [0.4, 0.5) is 4.79 Å². The number of carbonyl (C=O) groups excluding carboxylic acids is 1. The van der Waals surface area contributed by atoms with Gasteiger partial charge in [-0.05, 0) is 54.7 Å². The molecule has 2 atom stereocenters. The third-order valence-electron chi connectivity index (χ3n) is 6.75. The van der Waals surface area contributed by atoms with Crippen LogP contribution in [0.1, 0.15) is 36.2 Å². The van der Waals surface area contributed by atoms with Crippen LogP contribution in [0.5, 0.6) is 17.2 Å². The minimum Gasteiger partial charge on any atom is -0.494 e. The van der Waals surface area contributed by atoms with Gasteiger partial charge in [0.05, 0.1) is 35.5 Å². The van der Waals surface area contributed by atoms with Crippen molar-refractivity contribution in [3.8, 4) is 17.2 Å². The lowest BCUT2D eigenvalue weighted by Crippen LogP contribution is -2.50. The largest absolute Gasteiger partial charge is 0.494 e. The maximum absolute atomic E-state index is 13.6. The number of nitrogens with one attached hydrogen (secondary N) is 2. The Kier molecular flexibility index (Phi) is 11.1. The number of hydrogen-bond acceptors (Lipinski definition) is 9. The summed E-state index contributed by atoms with van der Waals surface area (Å²) in [7, 11) is -4.06. The third-order valence-corrected chi connectivity index (χ3v) is 8.58. The molecule has 0 radical (unpaired) electrons. The molecule has 4 rings (SSSR count). The zero-order chi connectivity index (χ0) is 31.7. The molecule has 1 aliphatic rings. The Hall–Kier alpha value is -4.27. The molecule has 0 bridgehead atoms. The van der Waals surface area contributed by atoms with E-state index in [2.05, 4.69) is 10.6 Å². The molecule has 0 aliphatic carbocycles. The summed E-state index contributed by atoms with van der Waals surface area (Å²) in [5, 5.41) is 25.7. The predicted molar refractivity (Wildman–Crippen MR) is 158 cm³/mol. The van der Waals surface area contributed by atoms with Gasteiger partial charge in [0, 0.05) is 25.7 Å². The lowest BCUT2D eigenvalue weighted by atomic mass is 10.0. The van der Waals surface area contributed by atoms with Gasteiger partial charge in [-0.1, -0.05) is 26.0 Å². The van der Waals surface area contributed by atoms with Crippen LogP contribution in [0.25, 0.3) is 0 Å². The highest BCUT2D eigenvalue weighted by Gasteiger charge is 2.32. The maximum atomic E-state index is 13.6. The van der Waals surface area contributed by atoms with Crippen LogP contribution in [0.3, 0.4) is 0 Å². The van der Waals surface area contributed by atoms with Crippen LogP contribution in [0.2, 0.25) is 0 Å². The van der Waals surface area contributed by atoms with Crippen molar-refractivity contribution in [1.82, 2.24) is 14.9 Å². The Balaban J connectivity index is 1.35. The van der Waals surface area contributed by atoms with Gasteiger partial charge in [-0.25, -0.2) is 13.2 Å². The molecule has 2 aromatic carbocycles. The molecule has 0 unspecified atom stereocenters. The zero-order valence-electron chi connectivity index (χ0n) is 24.5. The highest BCUT2D eigenvalue weighted by atomic mass is 32.2. The first-order valence-electron chi connectivity index (χ1n) is 14.1. The van der Waals surface area contributed by atoms with Crippen molar-refractivity contribution >= 4 is 22.0 Å². The van der Waals surface area contributed by atoms with E-state index >= 15 is 0 Å². The van der Waals surface area contributed by atoms with E-state index in [0.717, 1.165) is 4.31 Å². The topological polar surface area (TPSA) is 177 Å². The average Bonchev–Trinajstić information content (AvgIpc) is 3.69. The molecule has 2 amide bonds. The molecule has 14 heteroatoms. The summed E-state index contributed by atoms with van der Waals surface area (Å²) in [5.41, 5.74) is 1.15. The molecule has 0 saturated carbocycles. The number of hydrogen-bond donors (Lipinski definition) is 4. The second-order valence-electron chi connectivity index (χ2n) is 10.7. The van der Waals surface area contributed by atoms with Crippen molar-refractivity contribution in [2.24, 2.45) is 5.92 Å². The fourth-order valence-electron chi connectivity index (χ4n) is 4.58. The number of carbonyl (C=O) groups is 2. The molecule has 1 aromatic heterocycles. The number of nitrogens with zero attached hydrogens (tertiary/aromatic N) is 1. The summed E-state index contributed by atoms with van der Waals surface area (Å²) in [6, 6.07) is 11.8. The van der Waals surface area contributed by atoms with E-state index < -0.39 is 28.3 Å². The van der Waals surface area contributed by atoms with Gasteiger partial charge in [0.1, 0.15) is 12.0 Å². The number of amides is 2. The van der Waals surface area contributed by atoms with Gasteiger partial charge in [-0.15, -0.1) is 0 Å². The van der Waals surface area contributed by atoms with E-state index in [1.165, 1.54) is 30.7 Å². The van der Waals surface area contributed by atoms with Crippen LogP contribution < -0.4 is 24.8 Å². The molecule has 0 spiro atoms. The number of fused-ring (bicyclic) bond motifs is 1. The summed E-state index contributed by atoms with van der Waals surface area (Å²) in [4.78, 5) is 23.5. The summed E-state index contributed by atoms with van der Waals surface area (Å²) >= 11 is 0. The van der Waals surface area contributed by atoms with Gasteiger partial charge in [-0.2, -0.15) is 4.31 Å². The molecule has 4 N–H and O–H groups in total. The number of aliphatic hydroxyl groups excluding tert-OH is 1. The molecule has 44 heavy (non-hydrogen) atoms. The molecule has 2 heterocycles. The van der Waals surface area contributed by atoms with E-state index in [9.17, 15) is 28.2 Å². The standard InChI is InChI=1S/C30H37N3O10S/c1-20(2)16-33(44(38,39)24-8-9-27-28(15-24)43-19-42-27)17-26(34)25(32-30(36)37)14-21-4-6-23(7-5-21)41-12-3-11-31-29(35)22-10-13-40-18-22/h4-10,13,15,18,20,25-26,32,34H,3,11-12,14,16-17,19H2,1-2H3,(H,31,35)(H,36,37)/t25-,26+/m0/s1. The van der Waals surface area contributed by atoms with Crippen molar-refractivity contribution in [2.45, 2.75) is 43.7 Å². The Bertz CT molecular complexity index is 1490. The van der Waals surface area contributed by atoms with Crippen LogP contribution >= 0.6 is 0 Å². The number of carboxylic acid groups (broad SMARTS) is 1. The highest BCUT2D eigenvalue weighted by Crippen LogP contribution is 2.35. The number of aliphatic hydroxyl groups is 1. The van der Waals surface area contributed by atoms with Gasteiger partial charge in [0.15, 0.2) is 11.5 Å². The maximum Gasteiger partial charge on any atom is 0.404 e. The van der Waals surface area contributed by atoms with E-state index in [1.54, 1.807) is 30.3 Å². The Morgan fingerprint density at radius 3 is 2.48 bits per heavy atom. The lowest BCUT2D eigenvalue weighted by Gasteiger charge is -2.30. The monoisotopic (exact) mass is 631 g/mol. The van der Waals surface area contributed by atoms with Crippen molar-refractivity contribution in [3.63, 3.8) is 0 Å². The van der Waals surface area contributed by atoms with Gasteiger partial charge < -0.3 is 39.5 Å². The smallest absolute Gasteiger partial charge is 0.404 e. The van der Waals surface area contributed by atoms with Crippen LogP contribution in [0, 0.1) is 5.92 Å². The summed E-state index contributed by atoms with van der Waals surface area (Å²) < 4.78 is 49.6. The molecule has 1 aliphatic heterocycles. The molecular formula is C30H37N3O10S. The Labute approximate surface area is 255 Å². The molecular weight excluding hydrogens is 594 g/mol. The first-order valence-corrected chi connectivity index (χ1v) is 15.6. The lowest BCUT2D eigenvalue weighted by molar-refractivity contribution is 0.0950. The van der Waals surface area contributed by atoms with E-state index in [0.29, 0.717) is 47.9 Å². The molecule has 13 nitrogen and oxygen atoms in total. The van der Waals surface area contributed by atoms with Crippen molar-refractivity contribution in [2.75, 3.05) is 33.0 Å². The third kappa shape index (κ3) is 8.88. The highest BCUT2D eigenvalue weighted by molar-refractivity contribution is 7.89. The van der Waals surface area contributed by atoms with Crippen molar-refractivity contribution in [1.29, 1.82) is 0 Å². The van der Waals surface area contributed by atoms with Crippen LogP contribution in [-0.4, -0.2) is 80.1 Å². The fraction of sp³-hybridized carbons (Fsp3) is 0.400. The number of furan rings is 1. The van der Waals surface area contributed by atoms with Gasteiger partial charge >= 0.3 is 6.09 Å². The fourth-order valence-corrected chi connectivity index (χ4v) is 6.22. The molecule has 0 fully saturated rings. The average molecular weight is 632 g/mol. The molecule has 3 aromatic rings. The van der Waals surface area contributed by atoms with Gasteiger partial charge in [0.2, 0.25) is 16.8 Å². The van der Waals surface area contributed by atoms with Crippen LogP contribution in [0.15, 0.2) is 70.4 Å². The summed E-state index contributed by atoms with van der Waals surface area (Å²) in [5.74, 6) is 1.03. The number of rotatable bonds is 16. The van der Waals surface area contributed by atoms with E-state index in [-0.39, 0.29) is 43.0 Å². The predicted octanol–water partition coefficient (Wildman–Crippen LogP) is 3.09. The number of benzene rings is 2. The minimum absolute atomic E-state index is 0.00405. The Morgan fingerprint density at radius 2 is 1.80 bits per heavy atom. The van der Waals surface area contributed by atoms with Gasteiger partial charge in [0.25, 0.3) is 5.91 Å². The number of ether oxygens (including phenoxy) is 3. The zero-order valence-corrected chi connectivity index (χ0v) is 25.3. The SMILES string of the molecule is CC(C)CN(C[C@@H](O)[C@H](Cc1ccc(OCCCNC(=O)c2ccoc2)cc1)NC(=O)O)S(=O)(=O)c1ccc2c(c1)OCO2. The van der Waals surface area contributed by atoms with Crippen LogP contribution in [-0.2, 0) is 16.4 Å². The second kappa shape index (κ2) is 14.9. The first-order chi connectivity index (χ1) is 21.0. The van der Waals surface area contributed by atoms with E-state index in [4.69, 9.17) is 18.6 Å². The molecule has 0 saturated heterocycles. The summed E-state index contributed by atoms with van der Waals surface area (Å²) in [6.07, 6.45) is 0.771. The molecule has 238 valence electrons. The number of sulfonamides is 1. The Morgan fingerprint density at radius 1 is 1.05 bits per heavy atom. The minimum atomic E-state index is -4.06. The normalized spacial score (nSPS) is 13.9. The van der Waals surface area contributed by atoms with Crippen molar-refractivity contribution < 1.29 is 46.8 Å². The quantitative estimate of drug-likeness (QED) is 0.172. The van der Waals surface area contributed by atoms with Crippen molar-refractivity contribution in [3.05, 3.63) is 72.2 Å². The van der Waals surface area contributed by atoms with E-state index in [1.807, 2.05) is 13.8 Å². The first kappa shape index (κ1) is 32.6. The second-order valence-corrected chi connectivity index (χ2v) is 12.6. The summed E-state index contributed by atoms with van der Waals surface area (Å²) in [6.45, 7) is 4.24.